The van der Waals surface area contributed by atoms with Crippen molar-refractivity contribution in [3.05, 3.63) is 100 Å². The molecule has 0 spiro atoms. The molecule has 8 nitrogen and oxygen atoms in total. The average Bonchev–Trinajstić information content (AvgIpc) is 3.37. The third kappa shape index (κ3) is 6.64. The number of rotatable bonds is 9. The summed E-state index contributed by atoms with van der Waals surface area (Å²) in [6.07, 6.45) is 0. The molecule has 4 rings (SSSR count). The first-order chi connectivity index (χ1) is 17.0. The van der Waals surface area contributed by atoms with Crippen molar-refractivity contribution in [2.24, 2.45) is 0 Å². The van der Waals surface area contributed by atoms with Crippen molar-refractivity contribution in [1.82, 2.24) is 15.5 Å². The van der Waals surface area contributed by atoms with Gasteiger partial charge in [-0.2, -0.15) is 0 Å². The molecule has 0 bridgehead atoms. The van der Waals surface area contributed by atoms with Crippen molar-refractivity contribution < 1.29 is 14.3 Å². The Hall–Kier alpha value is -4.24. The number of para-hydroxylation sites is 1. The minimum absolute atomic E-state index is 0.188. The van der Waals surface area contributed by atoms with Crippen molar-refractivity contribution in [2.45, 2.75) is 13.2 Å². The van der Waals surface area contributed by atoms with Crippen molar-refractivity contribution in [1.29, 1.82) is 0 Å². The van der Waals surface area contributed by atoms with Crippen LogP contribution in [0, 0.1) is 0 Å². The highest BCUT2D eigenvalue weighted by Gasteiger charge is 2.14. The monoisotopic (exact) mass is 487 g/mol. The molecule has 0 aliphatic heterocycles. The molecule has 0 atom stereocenters. The van der Waals surface area contributed by atoms with Gasteiger partial charge in [0.2, 0.25) is 5.01 Å². The summed E-state index contributed by atoms with van der Waals surface area (Å²) in [7, 11) is 3.96. The Balaban J connectivity index is 1.27. The largest absolute Gasteiger partial charge is 0.486 e. The number of hydrogen-bond donors (Lipinski definition) is 2. The predicted molar refractivity (Wildman–Crippen MR) is 137 cm³/mol. The highest BCUT2D eigenvalue weighted by atomic mass is 32.1. The summed E-state index contributed by atoms with van der Waals surface area (Å²) in [4.78, 5) is 27.0. The lowest BCUT2D eigenvalue weighted by Gasteiger charge is -2.13. The Morgan fingerprint density at radius 2 is 1.60 bits per heavy atom. The van der Waals surface area contributed by atoms with Gasteiger partial charge in [-0.1, -0.05) is 41.7 Å². The number of carbonyl (C=O) groups is 2. The molecule has 0 aliphatic rings. The maximum absolute atomic E-state index is 12.5. The van der Waals surface area contributed by atoms with Crippen molar-refractivity contribution in [3.63, 3.8) is 0 Å². The molecule has 35 heavy (non-hydrogen) atoms. The Bertz CT molecular complexity index is 1270. The number of nitrogens with one attached hydrogen (secondary N) is 2. The lowest BCUT2D eigenvalue weighted by Crippen LogP contribution is -2.22. The first-order valence-electron chi connectivity index (χ1n) is 10.9. The lowest BCUT2D eigenvalue weighted by molar-refractivity contribution is 0.0950. The highest BCUT2D eigenvalue weighted by Crippen LogP contribution is 2.17. The second-order valence-electron chi connectivity index (χ2n) is 7.88. The molecule has 178 valence electrons. The number of carbonyl (C=O) groups excluding carboxylic acids is 2. The molecule has 2 N–H and O–H groups in total. The van der Waals surface area contributed by atoms with Crippen LogP contribution in [0.25, 0.3) is 0 Å². The van der Waals surface area contributed by atoms with Crippen LogP contribution in [-0.2, 0) is 13.2 Å². The van der Waals surface area contributed by atoms with E-state index >= 15 is 0 Å². The predicted octanol–water partition coefficient (Wildman–Crippen LogP) is 4.37. The van der Waals surface area contributed by atoms with Crippen LogP contribution in [0.15, 0.2) is 78.9 Å². The van der Waals surface area contributed by atoms with E-state index in [2.05, 4.69) is 20.8 Å². The molecule has 0 unspecified atom stereocenters. The van der Waals surface area contributed by atoms with Gasteiger partial charge in [-0.05, 0) is 54.1 Å². The third-order valence-corrected chi connectivity index (χ3v) is 5.97. The Labute approximate surface area is 207 Å². The molecule has 0 radical (unpaired) electrons. The summed E-state index contributed by atoms with van der Waals surface area (Å²) in [5, 5.41) is 14.5. The number of amides is 2. The highest BCUT2D eigenvalue weighted by molar-refractivity contribution is 7.13. The smallest absolute Gasteiger partial charge is 0.286 e. The van der Waals surface area contributed by atoms with E-state index in [1.165, 1.54) is 11.3 Å². The summed E-state index contributed by atoms with van der Waals surface area (Å²) < 4.78 is 5.64. The van der Waals surface area contributed by atoms with Crippen LogP contribution in [0.5, 0.6) is 5.75 Å². The number of aromatic nitrogens is 2. The first-order valence-corrected chi connectivity index (χ1v) is 11.8. The van der Waals surface area contributed by atoms with E-state index in [1.54, 1.807) is 24.3 Å². The van der Waals surface area contributed by atoms with E-state index in [-0.39, 0.29) is 23.4 Å². The molecule has 1 heterocycles. The SMILES string of the molecule is CN(C)c1ccc(CNC(=O)c2ccc(NC(=O)c3nnc(COc4ccccc4)s3)cc2)cc1. The van der Waals surface area contributed by atoms with Gasteiger partial charge < -0.3 is 20.3 Å². The van der Waals surface area contributed by atoms with Gasteiger partial charge in [0.05, 0.1) is 0 Å². The molecular weight excluding hydrogens is 462 g/mol. The summed E-state index contributed by atoms with van der Waals surface area (Å²) in [5.74, 6) is 0.165. The van der Waals surface area contributed by atoms with Crippen LogP contribution in [-0.4, -0.2) is 36.1 Å². The van der Waals surface area contributed by atoms with Crippen LogP contribution < -0.4 is 20.3 Å². The molecule has 4 aromatic rings. The fourth-order valence-electron chi connectivity index (χ4n) is 3.15. The molecule has 0 aliphatic carbocycles. The normalized spacial score (nSPS) is 10.5. The molecule has 3 aromatic carbocycles. The fourth-order valence-corrected chi connectivity index (χ4v) is 3.80. The van der Waals surface area contributed by atoms with Gasteiger partial charge in [-0.3, -0.25) is 9.59 Å². The lowest BCUT2D eigenvalue weighted by atomic mass is 10.1. The number of nitrogens with zero attached hydrogens (tertiary/aromatic N) is 3. The topological polar surface area (TPSA) is 96.5 Å². The Morgan fingerprint density at radius 1 is 0.886 bits per heavy atom. The van der Waals surface area contributed by atoms with E-state index in [4.69, 9.17) is 4.74 Å². The zero-order valence-electron chi connectivity index (χ0n) is 19.4. The van der Waals surface area contributed by atoms with E-state index in [9.17, 15) is 9.59 Å². The second-order valence-corrected chi connectivity index (χ2v) is 8.94. The molecule has 9 heteroatoms. The van der Waals surface area contributed by atoms with Crippen molar-refractivity contribution in [2.75, 3.05) is 24.3 Å². The maximum atomic E-state index is 12.5. The van der Waals surface area contributed by atoms with Gasteiger partial charge >= 0.3 is 0 Å². The van der Waals surface area contributed by atoms with Crippen molar-refractivity contribution >= 4 is 34.5 Å². The van der Waals surface area contributed by atoms with Crippen LogP contribution in [0.3, 0.4) is 0 Å². The minimum Gasteiger partial charge on any atom is -0.486 e. The number of ether oxygens (including phenoxy) is 1. The number of hydrogen-bond acceptors (Lipinski definition) is 7. The van der Waals surface area contributed by atoms with Crippen LogP contribution >= 0.6 is 11.3 Å². The van der Waals surface area contributed by atoms with Crippen molar-refractivity contribution in [3.8, 4) is 5.75 Å². The second kappa shape index (κ2) is 11.3. The summed E-state index contributed by atoms with van der Waals surface area (Å²) in [6, 6.07) is 24.1. The van der Waals surface area contributed by atoms with Crippen LogP contribution in [0.4, 0.5) is 11.4 Å². The molecule has 1 aromatic heterocycles. The number of anilines is 2. The van der Waals surface area contributed by atoms with Gasteiger partial charge in [0, 0.05) is 37.6 Å². The zero-order chi connectivity index (χ0) is 24.6. The first kappa shape index (κ1) is 23.9. The summed E-state index contributed by atoms with van der Waals surface area (Å²) in [5.41, 5.74) is 3.17. The molecular formula is C26H25N5O3S. The van der Waals surface area contributed by atoms with E-state index in [0.717, 1.165) is 17.0 Å². The maximum Gasteiger partial charge on any atom is 0.286 e. The zero-order valence-corrected chi connectivity index (χ0v) is 20.2. The fraction of sp³-hybridized carbons (Fsp3) is 0.154. The minimum atomic E-state index is -0.369. The molecule has 0 saturated heterocycles. The quantitative estimate of drug-likeness (QED) is 0.364. The van der Waals surface area contributed by atoms with Gasteiger partial charge in [-0.25, -0.2) is 0 Å². The molecule has 2 amide bonds. The summed E-state index contributed by atoms with van der Waals surface area (Å²) >= 11 is 1.17. The van der Waals surface area contributed by atoms with Gasteiger partial charge in [0.15, 0.2) is 5.01 Å². The van der Waals surface area contributed by atoms with Crippen LogP contribution in [0.2, 0.25) is 0 Å². The van der Waals surface area contributed by atoms with Gasteiger partial charge in [0.25, 0.3) is 11.8 Å². The average molecular weight is 488 g/mol. The Morgan fingerprint density at radius 3 is 2.29 bits per heavy atom. The third-order valence-electron chi connectivity index (χ3n) is 5.08. The van der Waals surface area contributed by atoms with E-state index < -0.39 is 0 Å². The molecule has 0 saturated carbocycles. The van der Waals surface area contributed by atoms with E-state index in [1.807, 2.05) is 73.6 Å². The standard InChI is InChI=1S/C26H25N5O3S/c1-31(2)21-14-8-18(9-15-21)16-27-24(32)19-10-12-20(13-11-19)28-25(33)26-30-29-23(35-26)17-34-22-6-4-3-5-7-22/h3-15H,16-17H2,1-2H3,(H,27,32)(H,28,33). The summed E-state index contributed by atoms with van der Waals surface area (Å²) in [6.45, 7) is 0.664. The van der Waals surface area contributed by atoms with E-state index in [0.29, 0.717) is 22.8 Å². The van der Waals surface area contributed by atoms with Crippen LogP contribution in [0.1, 0.15) is 30.7 Å². The number of benzene rings is 3. The van der Waals surface area contributed by atoms with Gasteiger partial charge in [-0.15, -0.1) is 10.2 Å². The molecule has 0 fully saturated rings. The van der Waals surface area contributed by atoms with Gasteiger partial charge in [0.1, 0.15) is 12.4 Å². The Kier molecular flexibility index (Phi) is 7.69.